The van der Waals surface area contributed by atoms with Crippen molar-refractivity contribution in [3.63, 3.8) is 0 Å². The van der Waals surface area contributed by atoms with Crippen molar-refractivity contribution >= 4 is 16.6 Å². The highest BCUT2D eigenvalue weighted by molar-refractivity contribution is 5.81. The molecule has 0 fully saturated rings. The first-order chi connectivity index (χ1) is 9.61. The number of benzene rings is 1. The van der Waals surface area contributed by atoms with E-state index in [-0.39, 0.29) is 11.4 Å². The smallest absolute Gasteiger partial charge is 0.258 e. The third-order valence-corrected chi connectivity index (χ3v) is 3.26. The highest BCUT2D eigenvalue weighted by Gasteiger charge is 2.08. The Morgan fingerprint density at radius 1 is 1.30 bits per heavy atom. The molecule has 0 saturated carbocycles. The quantitative estimate of drug-likeness (QED) is 0.796. The molecule has 0 amide bonds. The van der Waals surface area contributed by atoms with Gasteiger partial charge in [0.25, 0.3) is 5.56 Å². The van der Waals surface area contributed by atoms with Crippen molar-refractivity contribution in [2.75, 3.05) is 11.9 Å². The summed E-state index contributed by atoms with van der Waals surface area (Å²) in [5.74, 6) is 0.118. The van der Waals surface area contributed by atoms with Crippen molar-refractivity contribution < 1.29 is 4.39 Å². The van der Waals surface area contributed by atoms with Gasteiger partial charge in [-0.25, -0.2) is 9.37 Å². The minimum atomic E-state index is -0.370. The number of rotatable bonds is 6. The summed E-state index contributed by atoms with van der Waals surface area (Å²) in [4.78, 5) is 18.6. The van der Waals surface area contributed by atoms with E-state index in [0.717, 1.165) is 12.8 Å². The van der Waals surface area contributed by atoms with E-state index in [1.807, 2.05) is 0 Å². The minimum absolute atomic E-state index is 0.235. The van der Waals surface area contributed by atoms with Crippen LogP contribution in [-0.4, -0.2) is 16.5 Å². The van der Waals surface area contributed by atoms with Crippen molar-refractivity contribution in [2.45, 2.75) is 39.5 Å². The molecule has 0 aliphatic carbocycles. The van der Waals surface area contributed by atoms with Gasteiger partial charge in [-0.05, 0) is 19.4 Å². The number of unbranched alkanes of at least 4 members (excludes halogenated alkanes) is 3. The van der Waals surface area contributed by atoms with Crippen LogP contribution in [0.4, 0.5) is 10.1 Å². The predicted molar refractivity (Wildman–Crippen MR) is 79.7 cm³/mol. The van der Waals surface area contributed by atoms with Gasteiger partial charge in [0.2, 0.25) is 0 Å². The van der Waals surface area contributed by atoms with E-state index < -0.39 is 0 Å². The van der Waals surface area contributed by atoms with Gasteiger partial charge < -0.3 is 10.3 Å². The molecule has 1 aromatic carbocycles. The predicted octanol–water partition coefficient (Wildman–Crippen LogP) is 3.36. The van der Waals surface area contributed by atoms with E-state index in [1.54, 1.807) is 6.92 Å². The standard InChI is InChI=1S/C15H20FN3O/c1-3-4-5-6-7-17-14-8-11-13(9-12(14)16)18-10(2)19-15(11)20/h8-9,17H,3-7H2,1-2H3,(H,18,19,20). The number of aromatic nitrogens is 2. The number of aryl methyl sites for hydroxylation is 1. The molecular formula is C15H20FN3O. The molecule has 0 atom stereocenters. The highest BCUT2D eigenvalue weighted by Crippen LogP contribution is 2.19. The summed E-state index contributed by atoms with van der Waals surface area (Å²) >= 11 is 0. The lowest BCUT2D eigenvalue weighted by Crippen LogP contribution is -2.11. The van der Waals surface area contributed by atoms with Crippen LogP contribution in [0.5, 0.6) is 0 Å². The lowest BCUT2D eigenvalue weighted by molar-refractivity contribution is 0.628. The second kappa shape index (κ2) is 6.50. The van der Waals surface area contributed by atoms with Gasteiger partial charge in [0.1, 0.15) is 11.6 Å². The fourth-order valence-corrected chi connectivity index (χ4v) is 2.19. The number of nitrogens with zero attached hydrogens (tertiary/aromatic N) is 1. The third-order valence-electron chi connectivity index (χ3n) is 3.26. The van der Waals surface area contributed by atoms with Crippen molar-refractivity contribution in [1.82, 2.24) is 9.97 Å². The Labute approximate surface area is 117 Å². The SMILES string of the molecule is CCCCCCNc1cc2c(=O)[nH]c(C)nc2cc1F. The molecule has 0 aliphatic heterocycles. The van der Waals surface area contributed by atoms with Crippen LogP contribution in [0.15, 0.2) is 16.9 Å². The second-order valence-electron chi connectivity index (χ2n) is 4.99. The molecule has 0 unspecified atom stereocenters. The zero-order chi connectivity index (χ0) is 14.5. The summed E-state index contributed by atoms with van der Waals surface area (Å²) in [6, 6.07) is 2.85. The molecule has 1 aromatic heterocycles. The van der Waals surface area contributed by atoms with E-state index >= 15 is 0 Å². The van der Waals surface area contributed by atoms with E-state index in [2.05, 4.69) is 22.2 Å². The van der Waals surface area contributed by atoms with Gasteiger partial charge in [-0.1, -0.05) is 26.2 Å². The maximum Gasteiger partial charge on any atom is 0.258 e. The van der Waals surface area contributed by atoms with Crippen molar-refractivity contribution in [3.05, 3.63) is 34.1 Å². The fourth-order valence-electron chi connectivity index (χ4n) is 2.19. The third kappa shape index (κ3) is 3.35. The van der Waals surface area contributed by atoms with E-state index in [4.69, 9.17) is 0 Å². The molecule has 1 heterocycles. The summed E-state index contributed by atoms with van der Waals surface area (Å²) in [6.45, 7) is 4.54. The molecule has 0 spiro atoms. The molecule has 4 nitrogen and oxygen atoms in total. The first kappa shape index (κ1) is 14.5. The van der Waals surface area contributed by atoms with Gasteiger partial charge in [-0.2, -0.15) is 0 Å². The Bertz CT molecular complexity index is 651. The maximum atomic E-state index is 13.9. The fraction of sp³-hybridized carbons (Fsp3) is 0.467. The summed E-state index contributed by atoms with van der Waals surface area (Å²) in [7, 11) is 0. The number of anilines is 1. The molecular weight excluding hydrogens is 257 g/mol. The van der Waals surface area contributed by atoms with E-state index in [1.165, 1.54) is 25.0 Å². The molecule has 20 heavy (non-hydrogen) atoms. The number of aromatic amines is 1. The molecule has 0 saturated heterocycles. The Morgan fingerprint density at radius 3 is 2.85 bits per heavy atom. The highest BCUT2D eigenvalue weighted by atomic mass is 19.1. The summed E-state index contributed by atoms with van der Waals surface area (Å²) < 4.78 is 13.9. The van der Waals surface area contributed by atoms with Crippen LogP contribution >= 0.6 is 0 Å². The zero-order valence-corrected chi connectivity index (χ0v) is 11.9. The van der Waals surface area contributed by atoms with Crippen LogP contribution in [0.25, 0.3) is 10.9 Å². The van der Waals surface area contributed by atoms with E-state index in [9.17, 15) is 9.18 Å². The number of hydrogen-bond donors (Lipinski definition) is 2. The molecule has 2 N–H and O–H groups in total. The molecule has 108 valence electrons. The molecule has 2 aromatic rings. The average molecular weight is 277 g/mol. The van der Waals surface area contributed by atoms with Crippen LogP contribution in [0.3, 0.4) is 0 Å². The Balaban J connectivity index is 2.18. The lowest BCUT2D eigenvalue weighted by Gasteiger charge is -2.08. The van der Waals surface area contributed by atoms with Crippen LogP contribution in [0.1, 0.15) is 38.4 Å². The Morgan fingerprint density at radius 2 is 2.10 bits per heavy atom. The van der Waals surface area contributed by atoms with Crippen LogP contribution < -0.4 is 10.9 Å². The number of hydrogen-bond acceptors (Lipinski definition) is 3. The van der Waals surface area contributed by atoms with Crippen molar-refractivity contribution in [2.24, 2.45) is 0 Å². The molecule has 2 rings (SSSR count). The number of halogens is 1. The van der Waals surface area contributed by atoms with Crippen molar-refractivity contribution in [1.29, 1.82) is 0 Å². The first-order valence-corrected chi connectivity index (χ1v) is 7.06. The van der Waals surface area contributed by atoms with Gasteiger partial charge in [-0.3, -0.25) is 4.79 Å². The van der Waals surface area contributed by atoms with Crippen LogP contribution in [-0.2, 0) is 0 Å². The normalized spacial score (nSPS) is 10.9. The van der Waals surface area contributed by atoms with Crippen LogP contribution in [0, 0.1) is 12.7 Å². The minimum Gasteiger partial charge on any atom is -0.383 e. The summed E-state index contributed by atoms with van der Waals surface area (Å²) in [5, 5.41) is 3.46. The summed E-state index contributed by atoms with van der Waals surface area (Å²) in [5.41, 5.74) is 0.520. The average Bonchev–Trinajstić information content (AvgIpc) is 2.39. The van der Waals surface area contributed by atoms with Gasteiger partial charge >= 0.3 is 0 Å². The van der Waals surface area contributed by atoms with Crippen LogP contribution in [0.2, 0.25) is 0 Å². The molecule has 5 heteroatoms. The number of nitrogens with one attached hydrogen (secondary N) is 2. The lowest BCUT2D eigenvalue weighted by atomic mass is 10.2. The number of fused-ring (bicyclic) bond motifs is 1. The zero-order valence-electron chi connectivity index (χ0n) is 11.9. The van der Waals surface area contributed by atoms with Gasteiger partial charge in [0.15, 0.2) is 0 Å². The van der Waals surface area contributed by atoms with E-state index in [0.29, 0.717) is 29.0 Å². The Hall–Kier alpha value is -1.91. The monoisotopic (exact) mass is 277 g/mol. The van der Waals surface area contributed by atoms with Gasteiger partial charge in [-0.15, -0.1) is 0 Å². The van der Waals surface area contributed by atoms with Crippen molar-refractivity contribution in [3.8, 4) is 0 Å². The van der Waals surface area contributed by atoms with Gasteiger partial charge in [0.05, 0.1) is 16.6 Å². The summed E-state index contributed by atoms with van der Waals surface area (Å²) in [6.07, 6.45) is 4.48. The molecule has 0 aliphatic rings. The maximum absolute atomic E-state index is 13.9. The topological polar surface area (TPSA) is 57.8 Å². The largest absolute Gasteiger partial charge is 0.383 e. The first-order valence-electron chi connectivity index (χ1n) is 7.06. The second-order valence-corrected chi connectivity index (χ2v) is 4.99. The molecule has 0 radical (unpaired) electrons. The molecule has 0 bridgehead atoms. The Kier molecular flexibility index (Phi) is 4.71. The van der Waals surface area contributed by atoms with Gasteiger partial charge in [0, 0.05) is 12.6 Å². The number of H-pyrrole nitrogens is 1.